The van der Waals surface area contributed by atoms with Crippen LogP contribution in [0.2, 0.25) is 0 Å². The molecule has 1 aliphatic rings. The van der Waals surface area contributed by atoms with Crippen molar-refractivity contribution in [2.24, 2.45) is 0 Å². The van der Waals surface area contributed by atoms with Gasteiger partial charge in [0.05, 0.1) is 30.1 Å². The standard InChI is InChI=1S/C31H31F3N4O2S/c1-35-28-20-25(41-2)12-13-30(28)40-16-4-5-24-19-26-27(6-3-7-29(26)38(24)21-31(32,33)34)36-22-8-10-23(11-9-22)37-14-17-39-18-15-37/h3,6-13,19-20,35-36H,14-18,21H2,1-2H3. The zero-order chi connectivity index (χ0) is 28.8. The van der Waals surface area contributed by atoms with Crippen molar-refractivity contribution >= 4 is 45.4 Å². The summed E-state index contributed by atoms with van der Waals surface area (Å²) in [5.41, 5.74) is 4.19. The number of anilines is 4. The summed E-state index contributed by atoms with van der Waals surface area (Å²) in [6.07, 6.45) is -2.41. The van der Waals surface area contributed by atoms with Crippen LogP contribution in [0.1, 0.15) is 5.69 Å². The molecule has 1 fully saturated rings. The molecule has 4 aromatic rings. The third-order valence-corrected chi connectivity index (χ3v) is 7.50. The lowest BCUT2D eigenvalue weighted by Gasteiger charge is -2.29. The van der Waals surface area contributed by atoms with Crippen LogP contribution < -0.4 is 20.3 Å². The van der Waals surface area contributed by atoms with E-state index in [9.17, 15) is 13.2 Å². The van der Waals surface area contributed by atoms with Gasteiger partial charge in [-0.05, 0) is 72.8 Å². The van der Waals surface area contributed by atoms with Crippen LogP contribution in [-0.4, -0.2) is 57.0 Å². The van der Waals surface area contributed by atoms with E-state index in [0.29, 0.717) is 35.6 Å². The van der Waals surface area contributed by atoms with Crippen LogP contribution in [0.15, 0.2) is 71.6 Å². The van der Waals surface area contributed by atoms with E-state index in [-0.39, 0.29) is 12.3 Å². The second kappa shape index (κ2) is 12.7. The van der Waals surface area contributed by atoms with Crippen LogP contribution in [0.4, 0.5) is 35.9 Å². The van der Waals surface area contributed by atoms with E-state index >= 15 is 0 Å². The molecule has 1 aliphatic heterocycles. The van der Waals surface area contributed by atoms with Gasteiger partial charge in [0, 0.05) is 47.5 Å². The van der Waals surface area contributed by atoms with Crippen molar-refractivity contribution in [1.29, 1.82) is 0 Å². The average molecular weight is 581 g/mol. The fraction of sp³-hybridized carbons (Fsp3) is 0.290. The Labute approximate surface area is 241 Å². The highest BCUT2D eigenvalue weighted by atomic mass is 32.2. The summed E-state index contributed by atoms with van der Waals surface area (Å²) in [7, 11) is 1.80. The molecule has 0 unspecified atom stereocenters. The monoisotopic (exact) mass is 580 g/mol. The van der Waals surface area contributed by atoms with E-state index in [0.717, 1.165) is 35.0 Å². The highest BCUT2D eigenvalue weighted by Gasteiger charge is 2.30. The number of rotatable bonds is 8. The van der Waals surface area contributed by atoms with Crippen LogP contribution in [0.25, 0.3) is 10.9 Å². The Bertz CT molecular complexity index is 1550. The van der Waals surface area contributed by atoms with E-state index in [1.807, 2.05) is 54.8 Å². The second-order valence-electron chi connectivity index (χ2n) is 9.44. The largest absolute Gasteiger partial charge is 0.479 e. The van der Waals surface area contributed by atoms with Crippen LogP contribution in [0.3, 0.4) is 0 Å². The number of thioether (sulfide) groups is 1. The van der Waals surface area contributed by atoms with E-state index < -0.39 is 12.7 Å². The van der Waals surface area contributed by atoms with Gasteiger partial charge >= 0.3 is 6.18 Å². The molecule has 5 rings (SSSR count). The fourth-order valence-corrected chi connectivity index (χ4v) is 5.22. The Morgan fingerprint density at radius 2 is 1.78 bits per heavy atom. The summed E-state index contributed by atoms with van der Waals surface area (Å²) in [5, 5.41) is 7.13. The fourth-order valence-electron chi connectivity index (χ4n) is 4.78. The molecule has 10 heteroatoms. The number of nitrogens with zero attached hydrogens (tertiary/aromatic N) is 2. The minimum absolute atomic E-state index is 0.0292. The Hall–Kier alpha value is -3.94. The van der Waals surface area contributed by atoms with E-state index in [4.69, 9.17) is 9.47 Å². The molecule has 0 radical (unpaired) electrons. The Balaban J connectivity index is 1.39. The molecular weight excluding hydrogens is 549 g/mol. The number of alkyl halides is 3. The van der Waals surface area contributed by atoms with Gasteiger partial charge in [0.15, 0.2) is 0 Å². The molecule has 3 aromatic carbocycles. The van der Waals surface area contributed by atoms with E-state index in [1.54, 1.807) is 37.0 Å². The molecule has 1 aromatic heterocycles. The first-order valence-corrected chi connectivity index (χ1v) is 14.4. The predicted octanol–water partition coefficient (Wildman–Crippen LogP) is 6.98. The van der Waals surface area contributed by atoms with E-state index in [1.165, 1.54) is 4.57 Å². The van der Waals surface area contributed by atoms with Crippen molar-refractivity contribution in [1.82, 2.24) is 4.57 Å². The maximum atomic E-state index is 13.6. The van der Waals surface area contributed by atoms with Crippen LogP contribution in [-0.2, 0) is 11.3 Å². The zero-order valence-corrected chi connectivity index (χ0v) is 23.7. The number of morpholine rings is 1. The smallest absolute Gasteiger partial charge is 0.406 e. The Morgan fingerprint density at radius 3 is 2.49 bits per heavy atom. The van der Waals surface area contributed by atoms with Crippen LogP contribution >= 0.6 is 11.8 Å². The molecule has 2 N–H and O–H groups in total. The molecule has 2 heterocycles. The lowest BCUT2D eigenvalue weighted by atomic mass is 10.2. The van der Waals surface area contributed by atoms with Gasteiger partial charge in [-0.2, -0.15) is 13.2 Å². The van der Waals surface area contributed by atoms with Gasteiger partial charge in [0.25, 0.3) is 0 Å². The number of fused-ring (bicyclic) bond motifs is 1. The second-order valence-corrected chi connectivity index (χ2v) is 10.3. The zero-order valence-electron chi connectivity index (χ0n) is 22.8. The number of ether oxygens (including phenoxy) is 2. The molecule has 41 heavy (non-hydrogen) atoms. The normalized spacial score (nSPS) is 13.5. The summed E-state index contributed by atoms with van der Waals surface area (Å²) < 4.78 is 53.2. The van der Waals surface area contributed by atoms with Gasteiger partial charge < -0.3 is 29.6 Å². The molecule has 0 bridgehead atoms. The van der Waals surface area contributed by atoms with Gasteiger partial charge in [-0.1, -0.05) is 12.0 Å². The number of aromatic nitrogens is 1. The molecule has 1 saturated heterocycles. The van der Waals surface area contributed by atoms with Crippen LogP contribution in [0.5, 0.6) is 5.75 Å². The summed E-state index contributed by atoms with van der Waals surface area (Å²) in [5.74, 6) is 6.43. The topological polar surface area (TPSA) is 50.7 Å². The van der Waals surface area contributed by atoms with E-state index in [2.05, 4.69) is 27.4 Å². The summed E-state index contributed by atoms with van der Waals surface area (Å²) in [6, 6.07) is 20.8. The van der Waals surface area contributed by atoms with Gasteiger partial charge in [0.1, 0.15) is 18.9 Å². The van der Waals surface area contributed by atoms with Gasteiger partial charge in [-0.25, -0.2) is 0 Å². The first-order chi connectivity index (χ1) is 19.8. The summed E-state index contributed by atoms with van der Waals surface area (Å²) >= 11 is 1.62. The maximum Gasteiger partial charge on any atom is 0.406 e. The van der Waals surface area contributed by atoms with Crippen molar-refractivity contribution in [3.05, 3.63) is 72.4 Å². The highest BCUT2D eigenvalue weighted by molar-refractivity contribution is 7.98. The molecule has 0 atom stereocenters. The lowest BCUT2D eigenvalue weighted by molar-refractivity contribution is -0.140. The lowest BCUT2D eigenvalue weighted by Crippen LogP contribution is -2.36. The number of halogens is 3. The predicted molar refractivity (Wildman–Crippen MR) is 161 cm³/mol. The minimum atomic E-state index is -4.40. The van der Waals surface area contributed by atoms with Gasteiger partial charge in [-0.15, -0.1) is 11.8 Å². The number of benzene rings is 3. The molecule has 0 saturated carbocycles. The molecule has 0 aliphatic carbocycles. The molecule has 0 spiro atoms. The third-order valence-electron chi connectivity index (χ3n) is 6.78. The number of hydrogen-bond acceptors (Lipinski definition) is 6. The van der Waals surface area contributed by atoms with Crippen molar-refractivity contribution in [3.8, 4) is 17.6 Å². The molecule has 0 amide bonds. The maximum absolute atomic E-state index is 13.6. The highest BCUT2D eigenvalue weighted by Crippen LogP contribution is 2.33. The van der Waals surface area contributed by atoms with Crippen LogP contribution in [0, 0.1) is 11.8 Å². The third kappa shape index (κ3) is 7.04. The van der Waals surface area contributed by atoms with Crippen molar-refractivity contribution in [2.75, 3.05) is 61.7 Å². The first-order valence-electron chi connectivity index (χ1n) is 13.2. The quantitative estimate of drug-likeness (QED) is 0.173. The van der Waals surface area contributed by atoms with Gasteiger partial charge in [0.2, 0.25) is 0 Å². The molecule has 214 valence electrons. The van der Waals surface area contributed by atoms with Crippen molar-refractivity contribution < 1.29 is 22.6 Å². The Morgan fingerprint density at radius 1 is 1.00 bits per heavy atom. The first kappa shape index (κ1) is 28.6. The SMILES string of the molecule is CNc1cc(SC)ccc1OCC#Cc1cc2c(Nc3ccc(N4CCOCC4)cc3)cccc2n1CC(F)(F)F. The number of hydrogen-bond donors (Lipinski definition) is 2. The van der Waals surface area contributed by atoms with Crippen molar-refractivity contribution in [2.45, 2.75) is 17.6 Å². The Kier molecular flexibility index (Phi) is 8.86. The molecule has 6 nitrogen and oxygen atoms in total. The summed E-state index contributed by atoms with van der Waals surface area (Å²) in [6.45, 7) is 1.98. The molecular formula is C31H31F3N4O2S. The number of nitrogens with one attached hydrogen (secondary N) is 2. The van der Waals surface area contributed by atoms with Crippen molar-refractivity contribution in [3.63, 3.8) is 0 Å². The summed E-state index contributed by atoms with van der Waals surface area (Å²) in [4.78, 5) is 3.35. The van der Waals surface area contributed by atoms with Gasteiger partial charge in [-0.3, -0.25) is 0 Å². The average Bonchev–Trinajstić information content (AvgIpc) is 3.32. The minimum Gasteiger partial charge on any atom is -0.479 e.